The molecule has 1 amide bonds. The number of benzene rings is 1. The van der Waals surface area contributed by atoms with Crippen LogP contribution in [0.3, 0.4) is 0 Å². The number of unbranched alkanes of at least 4 members (excludes halogenated alkanes) is 4. The summed E-state index contributed by atoms with van der Waals surface area (Å²) in [6.07, 6.45) is 10.3. The van der Waals surface area contributed by atoms with E-state index in [-0.39, 0.29) is 5.91 Å². The van der Waals surface area contributed by atoms with E-state index in [4.69, 9.17) is 5.73 Å². The van der Waals surface area contributed by atoms with Crippen LogP contribution in [0.5, 0.6) is 0 Å². The highest BCUT2D eigenvalue weighted by Gasteiger charge is 1.92. The van der Waals surface area contributed by atoms with Crippen LogP contribution >= 0.6 is 0 Å². The SMILES string of the molecule is NC(=O)/C=C/CCCCCCc1ccccc1. The molecule has 0 aromatic heterocycles. The molecule has 0 aliphatic heterocycles. The van der Waals surface area contributed by atoms with E-state index in [1.165, 1.54) is 30.9 Å². The Kier molecular flexibility index (Phi) is 6.80. The van der Waals surface area contributed by atoms with Gasteiger partial charge in [0.25, 0.3) is 0 Å². The normalized spacial score (nSPS) is 10.8. The molecule has 0 atom stereocenters. The van der Waals surface area contributed by atoms with Crippen LogP contribution in [0.25, 0.3) is 0 Å². The molecule has 0 saturated heterocycles. The Hall–Kier alpha value is -1.57. The summed E-state index contributed by atoms with van der Waals surface area (Å²) < 4.78 is 0. The van der Waals surface area contributed by atoms with Gasteiger partial charge in [-0.1, -0.05) is 49.2 Å². The maximum atomic E-state index is 10.4. The maximum Gasteiger partial charge on any atom is 0.241 e. The predicted molar refractivity (Wildman–Crippen MR) is 71.6 cm³/mol. The van der Waals surface area contributed by atoms with Crippen molar-refractivity contribution in [1.82, 2.24) is 0 Å². The van der Waals surface area contributed by atoms with Gasteiger partial charge in [-0.25, -0.2) is 0 Å². The largest absolute Gasteiger partial charge is 0.366 e. The quantitative estimate of drug-likeness (QED) is 0.542. The minimum atomic E-state index is -0.353. The first kappa shape index (κ1) is 13.5. The zero-order valence-electron chi connectivity index (χ0n) is 10.3. The van der Waals surface area contributed by atoms with Crippen LogP contribution in [0.4, 0.5) is 0 Å². The van der Waals surface area contributed by atoms with Gasteiger partial charge in [0.1, 0.15) is 0 Å². The number of rotatable bonds is 8. The molecule has 1 aromatic carbocycles. The highest BCUT2D eigenvalue weighted by atomic mass is 16.1. The maximum absolute atomic E-state index is 10.4. The Balaban J connectivity index is 1.96. The van der Waals surface area contributed by atoms with Crippen molar-refractivity contribution in [3.05, 3.63) is 48.0 Å². The summed E-state index contributed by atoms with van der Waals surface area (Å²) in [5.74, 6) is -0.353. The van der Waals surface area contributed by atoms with Gasteiger partial charge < -0.3 is 5.73 Å². The van der Waals surface area contributed by atoms with E-state index in [1.807, 2.05) is 6.08 Å². The second kappa shape index (κ2) is 8.57. The van der Waals surface area contributed by atoms with Crippen molar-refractivity contribution >= 4 is 5.91 Å². The van der Waals surface area contributed by atoms with E-state index in [0.717, 1.165) is 19.3 Å². The Bertz CT molecular complexity index is 343. The van der Waals surface area contributed by atoms with E-state index in [0.29, 0.717) is 0 Å². The lowest BCUT2D eigenvalue weighted by atomic mass is 10.1. The fraction of sp³-hybridized carbons (Fsp3) is 0.400. The topological polar surface area (TPSA) is 43.1 Å². The molecule has 2 heteroatoms. The molecule has 0 fully saturated rings. The van der Waals surface area contributed by atoms with Gasteiger partial charge in [0, 0.05) is 0 Å². The highest BCUT2D eigenvalue weighted by Crippen LogP contribution is 2.08. The summed E-state index contributed by atoms with van der Waals surface area (Å²) in [7, 11) is 0. The Morgan fingerprint density at radius 3 is 2.47 bits per heavy atom. The average molecular weight is 231 g/mol. The second-order valence-corrected chi connectivity index (χ2v) is 4.24. The van der Waals surface area contributed by atoms with E-state index < -0.39 is 0 Å². The monoisotopic (exact) mass is 231 g/mol. The van der Waals surface area contributed by atoms with Crippen LogP contribution in [-0.4, -0.2) is 5.91 Å². The molecule has 2 N–H and O–H groups in total. The molecule has 0 aliphatic rings. The van der Waals surface area contributed by atoms with Crippen molar-refractivity contribution in [3.63, 3.8) is 0 Å². The fourth-order valence-electron chi connectivity index (χ4n) is 1.79. The zero-order valence-corrected chi connectivity index (χ0v) is 10.3. The second-order valence-electron chi connectivity index (χ2n) is 4.24. The van der Waals surface area contributed by atoms with Crippen molar-refractivity contribution in [2.45, 2.75) is 38.5 Å². The van der Waals surface area contributed by atoms with Gasteiger partial charge in [-0.2, -0.15) is 0 Å². The third-order valence-electron chi connectivity index (χ3n) is 2.71. The smallest absolute Gasteiger partial charge is 0.241 e. The summed E-state index contributed by atoms with van der Waals surface area (Å²) in [4.78, 5) is 10.4. The summed E-state index contributed by atoms with van der Waals surface area (Å²) in [5.41, 5.74) is 6.41. The molecule has 1 aromatic rings. The third kappa shape index (κ3) is 7.34. The lowest BCUT2D eigenvalue weighted by Gasteiger charge is -2.00. The van der Waals surface area contributed by atoms with Crippen LogP contribution in [-0.2, 0) is 11.2 Å². The highest BCUT2D eigenvalue weighted by molar-refractivity contribution is 5.85. The zero-order chi connectivity index (χ0) is 12.3. The number of allylic oxidation sites excluding steroid dienone is 1. The Labute approximate surface area is 104 Å². The first-order valence-corrected chi connectivity index (χ1v) is 6.29. The summed E-state index contributed by atoms with van der Waals surface area (Å²) in [6, 6.07) is 10.6. The minimum Gasteiger partial charge on any atom is -0.366 e. The number of primary amides is 1. The molecular formula is C15H21NO. The van der Waals surface area contributed by atoms with Gasteiger partial charge in [-0.05, 0) is 37.3 Å². The number of hydrogen-bond acceptors (Lipinski definition) is 1. The first-order chi connectivity index (χ1) is 8.29. The van der Waals surface area contributed by atoms with E-state index in [1.54, 1.807) is 0 Å². The van der Waals surface area contributed by atoms with Crippen molar-refractivity contribution < 1.29 is 4.79 Å². The predicted octanol–water partition coefficient (Wildman–Crippen LogP) is 3.22. The molecule has 17 heavy (non-hydrogen) atoms. The molecule has 0 aliphatic carbocycles. The van der Waals surface area contributed by atoms with Crippen molar-refractivity contribution in [1.29, 1.82) is 0 Å². The van der Waals surface area contributed by atoms with Gasteiger partial charge in [-0.15, -0.1) is 0 Å². The van der Waals surface area contributed by atoms with Crippen LogP contribution in [0.1, 0.15) is 37.7 Å². The third-order valence-corrected chi connectivity index (χ3v) is 2.71. The number of nitrogens with two attached hydrogens (primary N) is 1. The summed E-state index contributed by atoms with van der Waals surface area (Å²) in [5, 5.41) is 0. The Morgan fingerprint density at radius 2 is 1.76 bits per heavy atom. The van der Waals surface area contributed by atoms with Gasteiger partial charge in [0.2, 0.25) is 5.91 Å². The van der Waals surface area contributed by atoms with Crippen molar-refractivity contribution in [2.75, 3.05) is 0 Å². The fourth-order valence-corrected chi connectivity index (χ4v) is 1.79. The average Bonchev–Trinajstić information content (AvgIpc) is 2.33. The van der Waals surface area contributed by atoms with Gasteiger partial charge >= 0.3 is 0 Å². The molecule has 92 valence electrons. The van der Waals surface area contributed by atoms with Crippen molar-refractivity contribution in [2.24, 2.45) is 5.73 Å². The van der Waals surface area contributed by atoms with Crippen LogP contribution < -0.4 is 5.73 Å². The molecule has 0 radical (unpaired) electrons. The minimum absolute atomic E-state index is 0.353. The summed E-state index contributed by atoms with van der Waals surface area (Å²) in [6.45, 7) is 0. The molecule has 2 nitrogen and oxygen atoms in total. The molecule has 1 rings (SSSR count). The Morgan fingerprint density at radius 1 is 1.06 bits per heavy atom. The van der Waals surface area contributed by atoms with E-state index in [2.05, 4.69) is 30.3 Å². The molecule has 0 saturated carbocycles. The standard InChI is InChI=1S/C15H21NO/c16-15(17)13-9-4-2-1-3-6-10-14-11-7-5-8-12-14/h5,7-9,11-13H,1-4,6,10H2,(H2,16,17)/b13-9+. The number of carbonyl (C=O) groups is 1. The number of aryl methyl sites for hydroxylation is 1. The number of carbonyl (C=O) groups excluding carboxylic acids is 1. The molecule has 0 unspecified atom stereocenters. The van der Waals surface area contributed by atoms with Gasteiger partial charge in [0.05, 0.1) is 0 Å². The molecule has 0 bridgehead atoms. The van der Waals surface area contributed by atoms with Crippen LogP contribution in [0, 0.1) is 0 Å². The lowest BCUT2D eigenvalue weighted by Crippen LogP contribution is -2.05. The molecule has 0 spiro atoms. The summed E-state index contributed by atoms with van der Waals surface area (Å²) >= 11 is 0. The molecule has 0 heterocycles. The van der Waals surface area contributed by atoms with Crippen molar-refractivity contribution in [3.8, 4) is 0 Å². The number of amides is 1. The molecular weight excluding hydrogens is 210 g/mol. The van der Waals surface area contributed by atoms with E-state index >= 15 is 0 Å². The lowest BCUT2D eigenvalue weighted by molar-refractivity contribution is -0.113. The van der Waals surface area contributed by atoms with Gasteiger partial charge in [0.15, 0.2) is 0 Å². The number of hydrogen-bond donors (Lipinski definition) is 1. The first-order valence-electron chi connectivity index (χ1n) is 6.29. The van der Waals surface area contributed by atoms with Crippen LogP contribution in [0.2, 0.25) is 0 Å². The van der Waals surface area contributed by atoms with Crippen LogP contribution in [0.15, 0.2) is 42.5 Å². The van der Waals surface area contributed by atoms with Gasteiger partial charge in [-0.3, -0.25) is 4.79 Å². The van der Waals surface area contributed by atoms with E-state index in [9.17, 15) is 4.79 Å².